The maximum Gasteiger partial charge on any atom is 0.281 e. The minimum Gasteiger partial charge on any atom is -0.317 e. The first-order chi connectivity index (χ1) is 13.6. The Labute approximate surface area is 167 Å². The lowest BCUT2D eigenvalue weighted by molar-refractivity contribution is -0.906. The second-order valence-corrected chi connectivity index (χ2v) is 8.27. The van der Waals surface area contributed by atoms with Crippen molar-refractivity contribution in [2.75, 3.05) is 18.6 Å². The fraction of sp³-hybridized carbons (Fsp3) is 0.417. The summed E-state index contributed by atoms with van der Waals surface area (Å²) in [5.41, 5.74) is 5.72. The molecule has 1 unspecified atom stereocenters. The van der Waals surface area contributed by atoms with E-state index < -0.39 is 0 Å². The number of aliphatic imine (C=N–C) groups is 1. The number of amides is 1. The Hall–Kier alpha value is -2.46. The highest BCUT2D eigenvalue weighted by Crippen LogP contribution is 2.31. The van der Waals surface area contributed by atoms with Crippen molar-refractivity contribution in [2.45, 2.75) is 52.0 Å². The number of hydrogen-bond acceptors (Lipinski definition) is 2. The fourth-order valence-electron chi connectivity index (χ4n) is 4.48. The summed E-state index contributed by atoms with van der Waals surface area (Å²) in [5, 5.41) is 0. The molecule has 0 spiro atoms. The van der Waals surface area contributed by atoms with Gasteiger partial charge in [0.05, 0.1) is 24.5 Å². The third-order valence-corrected chi connectivity index (χ3v) is 6.42. The lowest BCUT2D eigenvalue weighted by Crippen LogP contribution is -3.14. The molecule has 2 aliphatic rings. The highest BCUT2D eigenvalue weighted by Gasteiger charge is 2.36. The zero-order valence-electron chi connectivity index (χ0n) is 17.2. The van der Waals surface area contributed by atoms with E-state index in [1.165, 1.54) is 42.6 Å². The van der Waals surface area contributed by atoms with Crippen molar-refractivity contribution >= 4 is 23.0 Å². The molecule has 0 saturated heterocycles. The molecular weight excluding hydrogens is 346 g/mol. The van der Waals surface area contributed by atoms with Crippen LogP contribution in [0.25, 0.3) is 0 Å². The van der Waals surface area contributed by atoms with E-state index in [2.05, 4.69) is 27.0 Å². The number of rotatable bonds is 4. The quantitative estimate of drug-likeness (QED) is 0.870. The number of hydrogen-bond donors (Lipinski definition) is 1. The minimum absolute atomic E-state index is 0.0252. The van der Waals surface area contributed by atoms with E-state index in [0.29, 0.717) is 18.4 Å². The first kappa shape index (κ1) is 18.9. The summed E-state index contributed by atoms with van der Waals surface area (Å²) in [5.74, 6) is 0.0252. The summed E-state index contributed by atoms with van der Waals surface area (Å²) >= 11 is 0. The monoisotopic (exact) mass is 376 g/mol. The molecule has 2 aromatic rings. The molecule has 1 heterocycles. The van der Waals surface area contributed by atoms with Crippen LogP contribution in [-0.2, 0) is 4.79 Å². The molecule has 1 atom stereocenters. The summed E-state index contributed by atoms with van der Waals surface area (Å²) in [6.45, 7) is 4.85. The Kier molecular flexibility index (Phi) is 5.31. The third-order valence-electron chi connectivity index (χ3n) is 6.42. The maximum absolute atomic E-state index is 13.4. The fourth-order valence-corrected chi connectivity index (χ4v) is 4.48. The van der Waals surface area contributed by atoms with E-state index in [0.717, 1.165) is 22.5 Å². The van der Waals surface area contributed by atoms with Crippen LogP contribution in [0.3, 0.4) is 0 Å². The maximum atomic E-state index is 13.4. The summed E-state index contributed by atoms with van der Waals surface area (Å²) < 4.78 is 0. The van der Waals surface area contributed by atoms with Crippen LogP contribution in [0.5, 0.6) is 0 Å². The number of para-hydroxylation sites is 1. The van der Waals surface area contributed by atoms with Crippen molar-refractivity contribution in [2.24, 2.45) is 4.99 Å². The Bertz CT molecular complexity index is 912. The zero-order chi connectivity index (χ0) is 19.7. The summed E-state index contributed by atoms with van der Waals surface area (Å²) in [6, 6.07) is 14.8. The van der Waals surface area contributed by atoms with Crippen LogP contribution in [0.15, 0.2) is 47.5 Å². The van der Waals surface area contributed by atoms with E-state index >= 15 is 0 Å². The van der Waals surface area contributed by atoms with Gasteiger partial charge in [-0.3, -0.25) is 9.69 Å². The third kappa shape index (κ3) is 3.49. The number of aryl methyl sites for hydroxylation is 1. The van der Waals surface area contributed by atoms with Gasteiger partial charge in [0.2, 0.25) is 0 Å². The van der Waals surface area contributed by atoms with Gasteiger partial charge in [0.25, 0.3) is 5.91 Å². The number of benzene rings is 2. The van der Waals surface area contributed by atoms with Crippen LogP contribution in [-0.4, -0.2) is 31.4 Å². The van der Waals surface area contributed by atoms with Crippen LogP contribution < -0.4 is 9.80 Å². The molecular formula is C24H30N3O+. The van der Waals surface area contributed by atoms with Gasteiger partial charge >= 0.3 is 0 Å². The zero-order valence-corrected chi connectivity index (χ0v) is 17.2. The molecule has 4 rings (SSSR count). The van der Waals surface area contributed by atoms with Crippen molar-refractivity contribution in [3.05, 3.63) is 59.2 Å². The van der Waals surface area contributed by atoms with Crippen LogP contribution in [0.4, 0.5) is 11.4 Å². The number of fused-ring (bicyclic) bond motifs is 1. The number of carbonyl (C=O) groups excluding carboxylic acids is 1. The van der Waals surface area contributed by atoms with Crippen LogP contribution in [0.2, 0.25) is 0 Å². The van der Waals surface area contributed by atoms with Crippen molar-refractivity contribution in [1.82, 2.24) is 0 Å². The summed E-state index contributed by atoms with van der Waals surface area (Å²) in [6.07, 6.45) is 6.50. The van der Waals surface area contributed by atoms with Crippen LogP contribution >= 0.6 is 0 Å². The number of nitrogens with zero attached hydrogens (tertiary/aromatic N) is 2. The topological polar surface area (TPSA) is 37.1 Å². The highest BCUT2D eigenvalue weighted by atomic mass is 16.2. The molecule has 1 aliphatic heterocycles. The Morgan fingerprint density at radius 3 is 2.57 bits per heavy atom. The number of quaternary nitrogens is 1. The van der Waals surface area contributed by atoms with E-state index in [1.54, 1.807) is 0 Å². The average Bonchev–Trinajstić information content (AvgIpc) is 2.98. The average molecular weight is 377 g/mol. The molecule has 4 heteroatoms. The molecule has 28 heavy (non-hydrogen) atoms. The van der Waals surface area contributed by atoms with Gasteiger partial charge in [0.15, 0.2) is 6.67 Å². The number of nitrogens with one attached hydrogen (secondary N) is 1. The molecule has 146 valence electrons. The van der Waals surface area contributed by atoms with E-state index in [1.807, 2.05) is 41.3 Å². The number of anilines is 1. The second kappa shape index (κ2) is 7.88. The largest absolute Gasteiger partial charge is 0.317 e. The van der Waals surface area contributed by atoms with Gasteiger partial charge in [-0.2, -0.15) is 0 Å². The highest BCUT2D eigenvalue weighted by molar-refractivity contribution is 6.54. The Morgan fingerprint density at radius 2 is 1.79 bits per heavy atom. The molecule has 4 nitrogen and oxygen atoms in total. The molecule has 1 N–H and O–H groups in total. The normalized spacial score (nSPS) is 19.9. The molecule has 1 saturated carbocycles. The standard InChI is InChI=1S/C24H29N3O/c1-17-10-9-14-21(18(17)2)25-23-20-13-7-8-15-22(20)27(24(23)28)16-26(3)19-11-5-4-6-12-19/h7-10,13-15,19H,4-6,11-12,16H2,1-3H3/p+1. The Morgan fingerprint density at radius 1 is 1.04 bits per heavy atom. The SMILES string of the molecule is Cc1cccc(N=C2C(=O)N(C[NH+](C)C3CCCCC3)c3ccccc32)c1C. The van der Waals surface area contributed by atoms with Crippen molar-refractivity contribution in [3.63, 3.8) is 0 Å². The van der Waals surface area contributed by atoms with Crippen LogP contribution in [0.1, 0.15) is 48.8 Å². The van der Waals surface area contributed by atoms with Gasteiger partial charge in [-0.05, 0) is 62.8 Å². The molecule has 0 radical (unpaired) electrons. The molecule has 0 aromatic heterocycles. The lowest BCUT2D eigenvalue weighted by Gasteiger charge is -2.31. The van der Waals surface area contributed by atoms with Gasteiger partial charge in [-0.15, -0.1) is 0 Å². The first-order valence-electron chi connectivity index (χ1n) is 10.4. The van der Waals surface area contributed by atoms with Crippen LogP contribution in [0, 0.1) is 13.8 Å². The van der Waals surface area contributed by atoms with Gasteiger partial charge in [-0.25, -0.2) is 4.99 Å². The smallest absolute Gasteiger partial charge is 0.281 e. The van der Waals surface area contributed by atoms with Gasteiger partial charge in [0.1, 0.15) is 5.71 Å². The molecule has 1 fully saturated rings. The minimum atomic E-state index is 0.0252. The Balaban J connectivity index is 1.66. The van der Waals surface area contributed by atoms with E-state index in [4.69, 9.17) is 4.99 Å². The number of carbonyl (C=O) groups is 1. The second-order valence-electron chi connectivity index (χ2n) is 8.27. The summed E-state index contributed by atoms with van der Waals surface area (Å²) in [4.78, 5) is 21.6. The molecule has 2 aromatic carbocycles. The molecule has 0 bridgehead atoms. The molecule has 1 amide bonds. The van der Waals surface area contributed by atoms with Gasteiger partial charge < -0.3 is 4.90 Å². The van der Waals surface area contributed by atoms with E-state index in [9.17, 15) is 4.79 Å². The predicted molar refractivity (Wildman–Crippen MR) is 115 cm³/mol. The van der Waals surface area contributed by atoms with Gasteiger partial charge in [-0.1, -0.05) is 36.8 Å². The molecule has 1 aliphatic carbocycles. The first-order valence-corrected chi connectivity index (χ1v) is 10.4. The predicted octanol–water partition coefficient (Wildman–Crippen LogP) is 3.58. The van der Waals surface area contributed by atoms with E-state index in [-0.39, 0.29) is 5.91 Å². The van der Waals surface area contributed by atoms with Crippen molar-refractivity contribution in [1.29, 1.82) is 0 Å². The van der Waals surface area contributed by atoms with Crippen molar-refractivity contribution in [3.8, 4) is 0 Å². The lowest BCUT2D eigenvalue weighted by atomic mass is 9.95. The summed E-state index contributed by atoms with van der Waals surface area (Å²) in [7, 11) is 2.23. The van der Waals surface area contributed by atoms with Crippen molar-refractivity contribution < 1.29 is 9.69 Å². The van der Waals surface area contributed by atoms with Gasteiger partial charge in [0, 0.05) is 5.56 Å².